The molecule has 0 spiro atoms. The summed E-state index contributed by atoms with van der Waals surface area (Å²) in [5.74, 6) is -1.06. The second kappa shape index (κ2) is 7.62. The Morgan fingerprint density at radius 2 is 1.85 bits per heavy atom. The first kappa shape index (κ1) is 17.4. The molecule has 0 fully saturated rings. The Balaban J connectivity index is 1.85. The van der Waals surface area contributed by atoms with Crippen LogP contribution in [-0.2, 0) is 0 Å². The number of hydrazone groups is 1. The van der Waals surface area contributed by atoms with Crippen molar-refractivity contribution in [2.24, 2.45) is 5.10 Å². The quantitative estimate of drug-likeness (QED) is 0.533. The number of carboxylic acids is 1. The zero-order valence-electron chi connectivity index (χ0n) is 13.3. The van der Waals surface area contributed by atoms with Crippen molar-refractivity contribution in [3.05, 3.63) is 87.3 Å². The van der Waals surface area contributed by atoms with Crippen LogP contribution in [0.3, 0.4) is 0 Å². The fourth-order valence-corrected chi connectivity index (χ4v) is 2.41. The Hall–Kier alpha value is -3.45. The number of nitrogens with one attached hydrogen (secondary N) is 1. The Labute approximate surface area is 153 Å². The normalized spacial score (nSPS) is 10.8. The molecule has 0 amide bonds. The van der Waals surface area contributed by atoms with Crippen LogP contribution >= 0.6 is 11.6 Å². The first-order valence-corrected chi connectivity index (χ1v) is 7.90. The van der Waals surface area contributed by atoms with Gasteiger partial charge in [0.25, 0.3) is 5.56 Å². The fraction of sp³-hybridized carbons (Fsp3) is 0. The molecular formula is C18H13ClN4O3. The highest BCUT2D eigenvalue weighted by Crippen LogP contribution is 2.16. The van der Waals surface area contributed by atoms with E-state index < -0.39 is 11.5 Å². The molecule has 0 bridgehead atoms. The molecule has 0 atom stereocenters. The molecule has 1 aromatic heterocycles. The van der Waals surface area contributed by atoms with Gasteiger partial charge in [0, 0.05) is 5.56 Å². The van der Waals surface area contributed by atoms with E-state index in [-0.39, 0.29) is 16.3 Å². The number of hydrogen-bond acceptors (Lipinski definition) is 5. The molecule has 0 saturated heterocycles. The Morgan fingerprint density at radius 3 is 2.58 bits per heavy atom. The number of rotatable bonds is 5. The first-order valence-electron chi connectivity index (χ1n) is 7.52. The maximum atomic E-state index is 12.4. The first-order chi connectivity index (χ1) is 12.6. The smallest absolute Gasteiger partial charge is 0.336 e. The molecule has 2 aromatic carbocycles. The van der Waals surface area contributed by atoms with Crippen molar-refractivity contribution in [3.8, 4) is 5.69 Å². The third-order valence-electron chi connectivity index (χ3n) is 3.50. The molecular weight excluding hydrogens is 356 g/mol. The maximum Gasteiger partial charge on any atom is 0.336 e. The van der Waals surface area contributed by atoms with E-state index >= 15 is 0 Å². The monoisotopic (exact) mass is 368 g/mol. The highest BCUT2D eigenvalue weighted by Gasteiger charge is 2.10. The summed E-state index contributed by atoms with van der Waals surface area (Å²) in [6.07, 6.45) is 2.71. The summed E-state index contributed by atoms with van der Waals surface area (Å²) in [4.78, 5) is 23.5. The molecule has 26 heavy (non-hydrogen) atoms. The zero-order valence-corrected chi connectivity index (χ0v) is 14.1. The lowest BCUT2D eigenvalue weighted by molar-refractivity contribution is 0.0697. The number of anilines is 1. The van der Waals surface area contributed by atoms with Crippen LogP contribution in [0.4, 0.5) is 5.69 Å². The van der Waals surface area contributed by atoms with Gasteiger partial charge in [-0.15, -0.1) is 0 Å². The van der Waals surface area contributed by atoms with Crippen LogP contribution < -0.4 is 11.0 Å². The van der Waals surface area contributed by atoms with E-state index in [2.05, 4.69) is 15.6 Å². The second-order valence-electron chi connectivity index (χ2n) is 5.19. The van der Waals surface area contributed by atoms with E-state index in [0.717, 1.165) is 0 Å². The van der Waals surface area contributed by atoms with Crippen LogP contribution in [-0.4, -0.2) is 27.1 Å². The standard InChI is InChI=1S/C18H13ClN4O3/c19-16-15(11-21-23(17(16)24)13-7-2-1-3-8-13)22-20-10-12-6-4-5-9-14(12)18(25)26/h1-11,22H,(H,25,26)/b20-10+. The molecule has 2 N–H and O–H groups in total. The van der Waals surface area contributed by atoms with Crippen molar-refractivity contribution < 1.29 is 9.90 Å². The minimum atomic E-state index is -1.06. The van der Waals surface area contributed by atoms with Crippen LogP contribution in [0.25, 0.3) is 5.69 Å². The van der Waals surface area contributed by atoms with E-state index in [4.69, 9.17) is 16.7 Å². The second-order valence-corrected chi connectivity index (χ2v) is 5.57. The van der Waals surface area contributed by atoms with Crippen LogP contribution in [0.5, 0.6) is 0 Å². The minimum absolute atomic E-state index is 0.0764. The molecule has 8 heteroatoms. The SMILES string of the molecule is O=C(O)c1ccccc1/C=N/Nc1cnn(-c2ccccc2)c(=O)c1Cl. The number of aromatic carboxylic acids is 1. The topological polar surface area (TPSA) is 96.6 Å². The molecule has 0 saturated carbocycles. The number of halogens is 1. The predicted molar refractivity (Wildman–Crippen MR) is 99.5 cm³/mol. The van der Waals surface area contributed by atoms with E-state index in [9.17, 15) is 9.59 Å². The average molecular weight is 369 g/mol. The molecule has 0 radical (unpaired) electrons. The molecule has 130 valence electrons. The highest BCUT2D eigenvalue weighted by atomic mass is 35.5. The van der Waals surface area contributed by atoms with Gasteiger partial charge in [0.15, 0.2) is 0 Å². The highest BCUT2D eigenvalue weighted by molar-refractivity contribution is 6.32. The Bertz CT molecular complexity index is 1030. The molecule has 7 nitrogen and oxygen atoms in total. The number of carboxylic acid groups (broad SMARTS) is 1. The van der Waals surface area contributed by atoms with Crippen LogP contribution in [0.2, 0.25) is 5.02 Å². The van der Waals surface area contributed by atoms with Gasteiger partial charge in [0.2, 0.25) is 0 Å². The van der Waals surface area contributed by atoms with Crippen LogP contribution in [0.15, 0.2) is 70.7 Å². The number of carbonyl (C=O) groups is 1. The fourth-order valence-electron chi connectivity index (χ4n) is 2.24. The zero-order chi connectivity index (χ0) is 18.5. The molecule has 0 aliphatic heterocycles. The van der Waals surface area contributed by atoms with Crippen molar-refractivity contribution in [3.63, 3.8) is 0 Å². The number of hydrogen-bond donors (Lipinski definition) is 2. The van der Waals surface area contributed by atoms with Crippen LogP contribution in [0, 0.1) is 0 Å². The van der Waals surface area contributed by atoms with Crippen molar-refractivity contribution >= 4 is 29.5 Å². The lowest BCUT2D eigenvalue weighted by Crippen LogP contribution is -2.22. The lowest BCUT2D eigenvalue weighted by Gasteiger charge is -2.07. The number of benzene rings is 2. The Kier molecular flexibility index (Phi) is 5.09. The number of nitrogens with zero attached hydrogens (tertiary/aromatic N) is 3. The summed E-state index contributed by atoms with van der Waals surface area (Å²) in [6.45, 7) is 0. The third-order valence-corrected chi connectivity index (χ3v) is 3.86. The average Bonchev–Trinajstić information content (AvgIpc) is 2.66. The molecule has 3 aromatic rings. The van der Waals surface area contributed by atoms with E-state index in [1.807, 2.05) is 6.07 Å². The van der Waals surface area contributed by atoms with E-state index in [1.54, 1.807) is 42.5 Å². The van der Waals surface area contributed by atoms with E-state index in [1.165, 1.54) is 23.2 Å². The summed E-state index contributed by atoms with van der Waals surface area (Å²) < 4.78 is 1.18. The van der Waals surface area contributed by atoms with Gasteiger partial charge in [0.1, 0.15) is 10.7 Å². The number of para-hydroxylation sites is 1. The van der Waals surface area contributed by atoms with Gasteiger partial charge in [-0.3, -0.25) is 10.2 Å². The molecule has 3 rings (SSSR count). The van der Waals surface area contributed by atoms with Crippen molar-refractivity contribution in [1.82, 2.24) is 9.78 Å². The summed E-state index contributed by atoms with van der Waals surface area (Å²) in [5.41, 5.74) is 3.45. The van der Waals surface area contributed by atoms with Gasteiger partial charge in [0.05, 0.1) is 23.7 Å². The van der Waals surface area contributed by atoms with Crippen molar-refractivity contribution in [2.75, 3.05) is 5.43 Å². The summed E-state index contributed by atoms with van der Waals surface area (Å²) in [7, 11) is 0. The maximum absolute atomic E-state index is 12.4. The van der Waals surface area contributed by atoms with Crippen molar-refractivity contribution in [2.45, 2.75) is 0 Å². The molecule has 1 heterocycles. The van der Waals surface area contributed by atoms with Gasteiger partial charge in [-0.05, 0) is 18.2 Å². The van der Waals surface area contributed by atoms with Gasteiger partial charge in [-0.1, -0.05) is 48.0 Å². The lowest BCUT2D eigenvalue weighted by atomic mass is 10.1. The van der Waals surface area contributed by atoms with Gasteiger partial charge in [-0.25, -0.2) is 4.79 Å². The van der Waals surface area contributed by atoms with Crippen LogP contribution in [0.1, 0.15) is 15.9 Å². The van der Waals surface area contributed by atoms with Gasteiger partial charge < -0.3 is 5.11 Å². The minimum Gasteiger partial charge on any atom is -0.478 e. The summed E-state index contributed by atoms with van der Waals surface area (Å²) in [6, 6.07) is 15.3. The predicted octanol–water partition coefficient (Wildman–Crippen LogP) is 3.03. The molecule has 0 aliphatic rings. The van der Waals surface area contributed by atoms with Gasteiger partial charge in [-0.2, -0.15) is 14.9 Å². The Morgan fingerprint density at radius 1 is 1.15 bits per heavy atom. The van der Waals surface area contributed by atoms with Crippen molar-refractivity contribution in [1.29, 1.82) is 0 Å². The van der Waals surface area contributed by atoms with E-state index in [0.29, 0.717) is 11.3 Å². The number of aromatic nitrogens is 2. The van der Waals surface area contributed by atoms with Gasteiger partial charge >= 0.3 is 5.97 Å². The molecule has 0 aliphatic carbocycles. The molecule has 0 unspecified atom stereocenters. The third kappa shape index (κ3) is 3.62. The summed E-state index contributed by atoms with van der Waals surface area (Å²) >= 11 is 6.11. The summed E-state index contributed by atoms with van der Waals surface area (Å²) in [5, 5.41) is 17.1. The largest absolute Gasteiger partial charge is 0.478 e.